The van der Waals surface area contributed by atoms with Crippen molar-refractivity contribution in [1.82, 2.24) is 0 Å². The summed E-state index contributed by atoms with van der Waals surface area (Å²) in [6, 6.07) is 6.24. The molecule has 1 aromatic rings. The number of carbonyl (C=O) groups excluding carboxylic acids is 1. The summed E-state index contributed by atoms with van der Waals surface area (Å²) in [5.74, 6) is -0.338. The van der Waals surface area contributed by atoms with E-state index in [1.165, 1.54) is 12.1 Å². The molecule has 0 spiro atoms. The van der Waals surface area contributed by atoms with Crippen molar-refractivity contribution >= 4 is 12.0 Å². The van der Waals surface area contributed by atoms with Gasteiger partial charge in [0.2, 0.25) is 0 Å². The SMILES string of the molecule is O=C(CC=NO)c1ccccc1O. The third-order valence-corrected chi connectivity index (χ3v) is 1.56. The summed E-state index contributed by atoms with van der Waals surface area (Å²) >= 11 is 0. The third-order valence-electron chi connectivity index (χ3n) is 1.56. The number of ketones is 1. The molecule has 0 unspecified atom stereocenters. The molecule has 13 heavy (non-hydrogen) atoms. The molecule has 1 aromatic carbocycles. The Hall–Kier alpha value is -1.84. The molecule has 0 saturated carbocycles. The van der Waals surface area contributed by atoms with E-state index >= 15 is 0 Å². The Morgan fingerprint density at radius 3 is 2.77 bits per heavy atom. The van der Waals surface area contributed by atoms with Gasteiger partial charge >= 0.3 is 0 Å². The van der Waals surface area contributed by atoms with Crippen LogP contribution in [0.3, 0.4) is 0 Å². The van der Waals surface area contributed by atoms with Gasteiger partial charge in [0.1, 0.15) is 5.75 Å². The van der Waals surface area contributed by atoms with Gasteiger partial charge in [-0.25, -0.2) is 0 Å². The van der Waals surface area contributed by atoms with Gasteiger partial charge in [0.25, 0.3) is 0 Å². The second kappa shape index (κ2) is 4.25. The highest BCUT2D eigenvalue weighted by atomic mass is 16.4. The topological polar surface area (TPSA) is 69.9 Å². The van der Waals surface area contributed by atoms with Crippen molar-refractivity contribution in [3.63, 3.8) is 0 Å². The van der Waals surface area contributed by atoms with Gasteiger partial charge in [-0.05, 0) is 12.1 Å². The second-order valence-corrected chi connectivity index (χ2v) is 2.44. The van der Waals surface area contributed by atoms with Crippen molar-refractivity contribution in [2.24, 2.45) is 5.16 Å². The second-order valence-electron chi connectivity index (χ2n) is 2.44. The molecular weight excluding hydrogens is 170 g/mol. The summed E-state index contributed by atoms with van der Waals surface area (Å²) < 4.78 is 0. The fourth-order valence-electron chi connectivity index (χ4n) is 0.943. The first kappa shape index (κ1) is 9.25. The van der Waals surface area contributed by atoms with E-state index < -0.39 is 0 Å². The van der Waals surface area contributed by atoms with Crippen LogP contribution >= 0.6 is 0 Å². The molecule has 68 valence electrons. The Balaban J connectivity index is 2.83. The first-order valence-electron chi connectivity index (χ1n) is 3.73. The van der Waals surface area contributed by atoms with Gasteiger partial charge in [-0.1, -0.05) is 12.1 Å². The molecule has 0 aliphatic carbocycles. The molecule has 4 nitrogen and oxygen atoms in total. The molecule has 1 rings (SSSR count). The average Bonchev–Trinajstić information content (AvgIpc) is 2.15. The maximum Gasteiger partial charge on any atom is 0.172 e. The smallest absolute Gasteiger partial charge is 0.172 e. The van der Waals surface area contributed by atoms with Crippen LogP contribution in [0.2, 0.25) is 0 Å². The number of phenolic OH excluding ortho intramolecular Hbond substituents is 1. The zero-order valence-electron chi connectivity index (χ0n) is 6.84. The normalized spacial score (nSPS) is 10.5. The monoisotopic (exact) mass is 179 g/mol. The quantitative estimate of drug-likeness (QED) is 0.319. The van der Waals surface area contributed by atoms with E-state index in [4.69, 9.17) is 5.21 Å². The molecule has 0 aliphatic heterocycles. The molecule has 0 atom stereocenters. The molecule has 0 radical (unpaired) electrons. The molecular formula is C9H9NO3. The summed E-state index contributed by atoms with van der Waals surface area (Å²) in [6.07, 6.45) is 1.06. The van der Waals surface area contributed by atoms with Crippen molar-refractivity contribution < 1.29 is 15.1 Å². The number of hydrogen-bond acceptors (Lipinski definition) is 4. The van der Waals surface area contributed by atoms with Crippen LogP contribution < -0.4 is 0 Å². The molecule has 0 aromatic heterocycles. The fourth-order valence-corrected chi connectivity index (χ4v) is 0.943. The maximum absolute atomic E-state index is 11.3. The highest BCUT2D eigenvalue weighted by Gasteiger charge is 2.07. The number of nitrogens with zero attached hydrogens (tertiary/aromatic N) is 1. The predicted molar refractivity (Wildman–Crippen MR) is 47.3 cm³/mol. The van der Waals surface area contributed by atoms with E-state index in [9.17, 15) is 9.90 Å². The van der Waals surface area contributed by atoms with E-state index in [2.05, 4.69) is 5.16 Å². The lowest BCUT2D eigenvalue weighted by Crippen LogP contribution is -1.99. The molecule has 4 heteroatoms. The number of phenols is 1. The number of carbonyl (C=O) groups is 1. The van der Waals surface area contributed by atoms with Crippen molar-refractivity contribution in [3.8, 4) is 5.75 Å². The van der Waals surface area contributed by atoms with Gasteiger partial charge < -0.3 is 10.3 Å². The van der Waals surface area contributed by atoms with Crippen LogP contribution in [0.15, 0.2) is 29.4 Å². The van der Waals surface area contributed by atoms with Gasteiger partial charge in [-0.15, -0.1) is 5.16 Å². The zero-order valence-corrected chi connectivity index (χ0v) is 6.84. The van der Waals surface area contributed by atoms with Gasteiger partial charge in [-0.2, -0.15) is 0 Å². The van der Waals surface area contributed by atoms with E-state index in [0.717, 1.165) is 6.21 Å². The number of para-hydroxylation sites is 1. The highest BCUT2D eigenvalue weighted by Crippen LogP contribution is 2.16. The number of rotatable bonds is 3. The standard InChI is InChI=1S/C9H9NO3/c11-8-4-2-1-3-7(8)9(12)5-6-10-13/h1-4,6,11,13H,5H2. The van der Waals surface area contributed by atoms with E-state index in [-0.39, 0.29) is 23.5 Å². The van der Waals surface area contributed by atoms with Crippen LogP contribution in [0.1, 0.15) is 16.8 Å². The largest absolute Gasteiger partial charge is 0.507 e. The number of benzene rings is 1. The molecule has 0 fully saturated rings. The number of hydrogen-bond donors (Lipinski definition) is 2. The van der Waals surface area contributed by atoms with Crippen LogP contribution in [-0.4, -0.2) is 22.3 Å². The third kappa shape index (κ3) is 2.30. The molecule has 0 bridgehead atoms. The molecule has 2 N–H and O–H groups in total. The molecule has 0 aliphatic rings. The molecule has 0 amide bonds. The summed E-state index contributed by atoms with van der Waals surface area (Å²) in [4.78, 5) is 11.3. The lowest BCUT2D eigenvalue weighted by Gasteiger charge is -1.99. The summed E-state index contributed by atoms with van der Waals surface area (Å²) in [5.41, 5.74) is 0.238. The first-order valence-corrected chi connectivity index (χ1v) is 3.73. The predicted octanol–water partition coefficient (Wildman–Crippen LogP) is 1.42. The van der Waals surface area contributed by atoms with E-state index in [1.807, 2.05) is 0 Å². The van der Waals surface area contributed by atoms with Crippen LogP contribution in [0.4, 0.5) is 0 Å². The van der Waals surface area contributed by atoms with Gasteiger partial charge in [0.15, 0.2) is 5.78 Å². The maximum atomic E-state index is 11.3. The van der Waals surface area contributed by atoms with Crippen molar-refractivity contribution in [2.45, 2.75) is 6.42 Å². The Bertz CT molecular complexity index is 333. The van der Waals surface area contributed by atoms with Gasteiger partial charge in [0.05, 0.1) is 11.8 Å². The molecule has 0 heterocycles. The fraction of sp³-hybridized carbons (Fsp3) is 0.111. The van der Waals surface area contributed by atoms with E-state index in [1.54, 1.807) is 12.1 Å². The van der Waals surface area contributed by atoms with Crippen molar-refractivity contribution in [2.75, 3.05) is 0 Å². The summed E-state index contributed by atoms with van der Waals surface area (Å²) in [5, 5.41) is 20.0. The molecule has 0 saturated heterocycles. The minimum Gasteiger partial charge on any atom is -0.507 e. The number of Topliss-reactive ketones (excluding diaryl/α,β-unsaturated/α-hetero) is 1. The van der Waals surface area contributed by atoms with Crippen LogP contribution in [0.5, 0.6) is 5.75 Å². The Morgan fingerprint density at radius 2 is 2.15 bits per heavy atom. The van der Waals surface area contributed by atoms with Crippen LogP contribution in [0.25, 0.3) is 0 Å². The first-order chi connectivity index (χ1) is 6.25. The zero-order chi connectivity index (χ0) is 9.68. The Labute approximate surface area is 75.1 Å². The van der Waals surface area contributed by atoms with Gasteiger partial charge in [-0.3, -0.25) is 4.79 Å². The highest BCUT2D eigenvalue weighted by molar-refractivity contribution is 6.05. The summed E-state index contributed by atoms with van der Waals surface area (Å²) in [6.45, 7) is 0. The van der Waals surface area contributed by atoms with Crippen molar-refractivity contribution in [1.29, 1.82) is 0 Å². The Morgan fingerprint density at radius 1 is 1.46 bits per heavy atom. The lowest BCUT2D eigenvalue weighted by atomic mass is 10.1. The van der Waals surface area contributed by atoms with Gasteiger partial charge in [0, 0.05) is 6.42 Å². The average molecular weight is 179 g/mol. The Kier molecular flexibility index (Phi) is 3.03. The van der Waals surface area contributed by atoms with Crippen molar-refractivity contribution in [3.05, 3.63) is 29.8 Å². The van der Waals surface area contributed by atoms with Crippen LogP contribution in [0, 0.1) is 0 Å². The van der Waals surface area contributed by atoms with E-state index in [0.29, 0.717) is 0 Å². The minimum atomic E-state index is -0.282. The minimum absolute atomic E-state index is 0.0198. The van der Waals surface area contributed by atoms with Crippen LogP contribution in [-0.2, 0) is 0 Å². The number of aromatic hydroxyl groups is 1. The summed E-state index contributed by atoms with van der Waals surface area (Å²) in [7, 11) is 0. The lowest BCUT2D eigenvalue weighted by molar-refractivity contribution is 0.0998. The number of oxime groups is 1.